The highest BCUT2D eigenvalue weighted by molar-refractivity contribution is 7.89. The molecule has 1 aliphatic heterocycles. The lowest BCUT2D eigenvalue weighted by Crippen LogP contribution is -2.28. The molecule has 0 fully saturated rings. The normalized spacial score (nSPS) is 16.1. The van der Waals surface area contributed by atoms with Crippen molar-refractivity contribution in [3.8, 4) is 0 Å². The second-order valence-corrected chi connectivity index (χ2v) is 6.50. The average Bonchev–Trinajstić information content (AvgIpc) is 2.87. The van der Waals surface area contributed by atoms with Gasteiger partial charge in [-0.1, -0.05) is 19.1 Å². The summed E-state index contributed by atoms with van der Waals surface area (Å²) in [6.07, 6.45) is 4.48. The van der Waals surface area contributed by atoms with E-state index in [1.54, 1.807) is 13.2 Å². The minimum atomic E-state index is -1.19. The van der Waals surface area contributed by atoms with E-state index in [0.29, 0.717) is 13.2 Å². The summed E-state index contributed by atoms with van der Waals surface area (Å²) < 4.78 is 22.9. The molecule has 1 unspecified atom stereocenters. The van der Waals surface area contributed by atoms with E-state index in [9.17, 15) is 9.23 Å². The topological polar surface area (TPSA) is 55.8 Å². The fraction of sp³-hybridized carbons (Fsp3) is 0.467. The van der Waals surface area contributed by atoms with Crippen LogP contribution in [0.4, 0.5) is 0 Å². The van der Waals surface area contributed by atoms with Gasteiger partial charge in [-0.2, -0.15) is 0 Å². The molecule has 0 saturated carbocycles. The van der Waals surface area contributed by atoms with Gasteiger partial charge in [0.1, 0.15) is 0 Å². The van der Waals surface area contributed by atoms with Crippen molar-refractivity contribution in [2.24, 2.45) is 0 Å². The minimum Gasteiger partial charge on any atom is -0.423 e. The lowest BCUT2D eigenvalue weighted by Gasteiger charge is -2.09. The van der Waals surface area contributed by atoms with Gasteiger partial charge in [0.05, 0.1) is 17.4 Å². The van der Waals surface area contributed by atoms with Crippen molar-refractivity contribution in [3.63, 3.8) is 0 Å². The summed E-state index contributed by atoms with van der Waals surface area (Å²) in [5.74, 6) is 0. The van der Waals surface area contributed by atoms with Crippen LogP contribution >= 0.6 is 0 Å². The molecule has 4 nitrogen and oxygen atoms in total. The fourth-order valence-corrected chi connectivity index (χ4v) is 3.72. The Hall–Kier alpha value is -0.945. The Morgan fingerprint density at radius 2 is 2.38 bits per heavy atom. The van der Waals surface area contributed by atoms with Crippen LogP contribution in [0.25, 0.3) is 0 Å². The van der Waals surface area contributed by atoms with Crippen LogP contribution in [-0.4, -0.2) is 30.1 Å². The van der Waals surface area contributed by atoms with Gasteiger partial charge < -0.3 is 14.4 Å². The zero-order valence-corrected chi connectivity index (χ0v) is 13.3. The average molecular weight is 308 g/mol. The summed E-state index contributed by atoms with van der Waals surface area (Å²) >= 11 is 0. The third-order valence-corrected chi connectivity index (χ3v) is 4.96. The van der Waals surface area contributed by atoms with Crippen LogP contribution in [0.3, 0.4) is 0 Å². The predicted octanol–water partition coefficient (Wildman–Crippen LogP) is 1.73. The van der Waals surface area contributed by atoms with Crippen LogP contribution in [0.15, 0.2) is 34.1 Å². The van der Waals surface area contributed by atoms with E-state index >= 15 is 0 Å². The summed E-state index contributed by atoms with van der Waals surface area (Å²) in [7, 11) is -0.423. The van der Waals surface area contributed by atoms with Crippen LogP contribution < -0.4 is 5.46 Å². The lowest BCUT2D eigenvalue weighted by atomic mass is 9.80. The minimum absolute atomic E-state index is 0.412. The Kier molecular flexibility index (Phi) is 6.17. The molecule has 0 spiro atoms. The van der Waals surface area contributed by atoms with E-state index < -0.39 is 17.9 Å². The van der Waals surface area contributed by atoms with E-state index in [1.807, 2.05) is 25.1 Å². The maximum absolute atomic E-state index is 12.7. The van der Waals surface area contributed by atoms with Gasteiger partial charge in [-0.05, 0) is 42.4 Å². The first-order chi connectivity index (χ1) is 10.2. The molecule has 1 N–H and O–H groups in total. The van der Waals surface area contributed by atoms with E-state index in [0.717, 1.165) is 40.1 Å². The molecule has 2 rings (SSSR count). The molecular formula is C15H21BO4S. The maximum Gasteiger partial charge on any atom is 0.491 e. The second-order valence-electron chi connectivity index (χ2n) is 4.97. The van der Waals surface area contributed by atoms with Crippen molar-refractivity contribution < 1.29 is 18.6 Å². The Morgan fingerprint density at radius 3 is 3.10 bits per heavy atom. The lowest BCUT2D eigenvalue weighted by molar-refractivity contribution is 0.195. The van der Waals surface area contributed by atoms with E-state index in [1.165, 1.54) is 0 Å². The number of fused-ring (bicyclic) bond motifs is 1. The van der Waals surface area contributed by atoms with Gasteiger partial charge in [-0.3, -0.25) is 0 Å². The van der Waals surface area contributed by atoms with Crippen LogP contribution in [0.1, 0.15) is 31.7 Å². The summed E-state index contributed by atoms with van der Waals surface area (Å²) in [4.78, 5) is 1.64. The molecule has 0 aliphatic carbocycles. The Morgan fingerprint density at radius 1 is 1.57 bits per heavy atom. The molecule has 6 heteroatoms. The van der Waals surface area contributed by atoms with Crippen molar-refractivity contribution in [1.82, 2.24) is 0 Å². The van der Waals surface area contributed by atoms with Crippen molar-refractivity contribution in [1.29, 1.82) is 0 Å². The number of hydrogen-bond donors (Lipinski definition) is 1. The molecule has 1 atom stereocenters. The highest BCUT2D eigenvalue weighted by Gasteiger charge is 2.28. The van der Waals surface area contributed by atoms with Crippen molar-refractivity contribution in [2.45, 2.75) is 37.7 Å². The van der Waals surface area contributed by atoms with Crippen molar-refractivity contribution >= 4 is 23.4 Å². The molecule has 114 valence electrons. The summed E-state index contributed by atoms with van der Waals surface area (Å²) in [5.41, 5.74) is 1.69. The molecule has 1 aromatic rings. The largest absolute Gasteiger partial charge is 0.491 e. The van der Waals surface area contributed by atoms with Crippen molar-refractivity contribution in [2.75, 3.05) is 13.7 Å². The SMILES string of the molecule is CC/C=C(\CCCOC)S(=O)c1ccc2c(c1)B(O)OC2. The van der Waals surface area contributed by atoms with Crippen LogP contribution in [-0.2, 0) is 26.8 Å². The third kappa shape index (κ3) is 4.04. The van der Waals surface area contributed by atoms with Crippen LogP contribution in [0, 0.1) is 0 Å². The van der Waals surface area contributed by atoms with Gasteiger partial charge in [0, 0.05) is 23.5 Å². The fourth-order valence-electron chi connectivity index (χ4n) is 2.35. The standard InChI is InChI=1S/C15H21BO4S/c1-3-5-13(6-4-9-19-2)21(18)14-8-7-12-11-20-16(17)15(12)10-14/h5,7-8,10,17H,3-4,6,9,11H2,1-2H3/b13-5+. The Balaban J connectivity index is 2.17. The summed E-state index contributed by atoms with van der Waals surface area (Å²) in [5, 5.41) is 9.75. The van der Waals surface area contributed by atoms with Crippen LogP contribution in [0.5, 0.6) is 0 Å². The van der Waals surface area contributed by atoms with Gasteiger partial charge in [0.2, 0.25) is 0 Å². The molecular weight excluding hydrogens is 287 g/mol. The van der Waals surface area contributed by atoms with Crippen LogP contribution in [0.2, 0.25) is 0 Å². The van der Waals surface area contributed by atoms with Crippen molar-refractivity contribution in [3.05, 3.63) is 34.7 Å². The Labute approximate surface area is 128 Å². The Bertz CT molecular complexity index is 544. The first-order valence-corrected chi connectivity index (χ1v) is 8.34. The molecule has 0 aromatic heterocycles. The van der Waals surface area contributed by atoms with E-state index in [-0.39, 0.29) is 0 Å². The first-order valence-electron chi connectivity index (χ1n) is 7.19. The molecule has 1 aromatic carbocycles. The molecule has 1 aliphatic rings. The predicted molar refractivity (Wildman–Crippen MR) is 84.7 cm³/mol. The maximum atomic E-state index is 12.7. The zero-order valence-electron chi connectivity index (χ0n) is 12.5. The summed E-state index contributed by atoms with van der Waals surface area (Å²) in [6, 6.07) is 5.54. The number of benzene rings is 1. The number of rotatable bonds is 7. The molecule has 0 bridgehead atoms. The summed E-state index contributed by atoms with van der Waals surface area (Å²) in [6.45, 7) is 3.11. The smallest absolute Gasteiger partial charge is 0.423 e. The number of hydrogen-bond acceptors (Lipinski definition) is 4. The second kappa shape index (κ2) is 7.89. The number of allylic oxidation sites excluding steroid dienone is 2. The third-order valence-electron chi connectivity index (χ3n) is 3.44. The highest BCUT2D eigenvalue weighted by Crippen LogP contribution is 2.21. The quantitative estimate of drug-likeness (QED) is 0.616. The van der Waals surface area contributed by atoms with Gasteiger partial charge in [0.15, 0.2) is 0 Å². The highest BCUT2D eigenvalue weighted by atomic mass is 32.2. The van der Waals surface area contributed by atoms with Gasteiger partial charge in [-0.25, -0.2) is 4.21 Å². The molecule has 1 heterocycles. The van der Waals surface area contributed by atoms with Gasteiger partial charge in [0.25, 0.3) is 0 Å². The van der Waals surface area contributed by atoms with E-state index in [4.69, 9.17) is 9.39 Å². The van der Waals surface area contributed by atoms with Gasteiger partial charge >= 0.3 is 7.12 Å². The number of methoxy groups -OCH3 is 1. The van der Waals surface area contributed by atoms with E-state index in [2.05, 4.69) is 0 Å². The molecule has 21 heavy (non-hydrogen) atoms. The molecule has 0 amide bonds. The van der Waals surface area contributed by atoms with Gasteiger partial charge in [-0.15, -0.1) is 0 Å². The monoisotopic (exact) mass is 308 g/mol. The first kappa shape index (κ1) is 16.4. The number of ether oxygens (including phenoxy) is 1. The molecule has 0 radical (unpaired) electrons. The molecule has 0 saturated heterocycles. The zero-order chi connectivity index (χ0) is 15.2.